The van der Waals surface area contributed by atoms with E-state index in [1.165, 1.54) is 0 Å². The van der Waals surface area contributed by atoms with Gasteiger partial charge in [0.05, 0.1) is 6.20 Å². The minimum Gasteiger partial charge on any atom is -0.366 e. The van der Waals surface area contributed by atoms with Gasteiger partial charge >= 0.3 is 0 Å². The lowest BCUT2D eigenvalue weighted by Crippen LogP contribution is -2.12. The molecule has 0 aliphatic heterocycles. The van der Waals surface area contributed by atoms with Crippen molar-refractivity contribution in [3.8, 4) is 0 Å². The quantitative estimate of drug-likeness (QED) is 0.864. The predicted molar refractivity (Wildman–Crippen MR) is 73.0 cm³/mol. The van der Waals surface area contributed by atoms with Gasteiger partial charge < -0.3 is 10.6 Å². The number of benzene rings is 1. The molecule has 0 radical (unpaired) electrons. The van der Waals surface area contributed by atoms with E-state index in [1.807, 2.05) is 31.2 Å². The average molecular weight is 243 g/mol. The molecule has 2 rings (SSSR count). The molecule has 18 heavy (non-hydrogen) atoms. The van der Waals surface area contributed by atoms with Crippen LogP contribution in [0, 0.1) is 6.92 Å². The van der Waals surface area contributed by atoms with Gasteiger partial charge in [-0.15, -0.1) is 5.10 Å². The molecule has 2 aromatic rings. The van der Waals surface area contributed by atoms with E-state index in [0.29, 0.717) is 12.0 Å². The molecular formula is C13H17N5. The summed E-state index contributed by atoms with van der Waals surface area (Å²) >= 11 is 0. The Morgan fingerprint density at radius 3 is 2.67 bits per heavy atom. The third-order valence-corrected chi connectivity index (χ3v) is 2.39. The van der Waals surface area contributed by atoms with E-state index in [2.05, 4.69) is 39.7 Å². The highest BCUT2D eigenvalue weighted by atomic mass is 15.3. The van der Waals surface area contributed by atoms with Gasteiger partial charge in [-0.25, -0.2) is 0 Å². The van der Waals surface area contributed by atoms with Gasteiger partial charge in [-0.1, -0.05) is 18.2 Å². The smallest absolute Gasteiger partial charge is 0.249 e. The number of nitrogens with one attached hydrogen (secondary N) is 2. The van der Waals surface area contributed by atoms with Gasteiger partial charge in [0.1, 0.15) is 0 Å². The summed E-state index contributed by atoms with van der Waals surface area (Å²) < 4.78 is 0. The zero-order valence-corrected chi connectivity index (χ0v) is 10.8. The summed E-state index contributed by atoms with van der Waals surface area (Å²) in [7, 11) is 0. The van der Waals surface area contributed by atoms with Crippen LogP contribution in [0.2, 0.25) is 0 Å². The van der Waals surface area contributed by atoms with Crippen molar-refractivity contribution < 1.29 is 0 Å². The van der Waals surface area contributed by atoms with E-state index in [9.17, 15) is 0 Å². The molecule has 94 valence electrons. The second-order valence-corrected chi connectivity index (χ2v) is 4.40. The molecule has 0 fully saturated rings. The summed E-state index contributed by atoms with van der Waals surface area (Å²) in [6, 6.07) is 8.30. The Labute approximate surface area is 107 Å². The van der Waals surface area contributed by atoms with Crippen LogP contribution in [-0.2, 0) is 0 Å². The van der Waals surface area contributed by atoms with Crippen LogP contribution in [0.25, 0.3) is 0 Å². The highest BCUT2D eigenvalue weighted by Crippen LogP contribution is 2.17. The summed E-state index contributed by atoms with van der Waals surface area (Å²) in [4.78, 5) is 4.35. The number of rotatable bonds is 4. The van der Waals surface area contributed by atoms with Crippen molar-refractivity contribution in [3.63, 3.8) is 0 Å². The molecule has 0 unspecified atom stereocenters. The van der Waals surface area contributed by atoms with E-state index in [1.54, 1.807) is 6.20 Å². The molecule has 0 amide bonds. The summed E-state index contributed by atoms with van der Waals surface area (Å²) in [6.45, 7) is 6.14. The van der Waals surface area contributed by atoms with Crippen molar-refractivity contribution in [1.82, 2.24) is 15.2 Å². The van der Waals surface area contributed by atoms with Crippen LogP contribution < -0.4 is 10.6 Å². The van der Waals surface area contributed by atoms with Gasteiger partial charge in [-0.2, -0.15) is 10.1 Å². The first-order chi connectivity index (χ1) is 8.65. The van der Waals surface area contributed by atoms with Crippen LogP contribution in [0.3, 0.4) is 0 Å². The zero-order chi connectivity index (χ0) is 13.0. The van der Waals surface area contributed by atoms with Gasteiger partial charge in [0.15, 0.2) is 5.82 Å². The van der Waals surface area contributed by atoms with Crippen LogP contribution in [0.1, 0.15) is 19.4 Å². The first kappa shape index (κ1) is 12.3. The second kappa shape index (κ2) is 5.44. The number of hydrogen-bond acceptors (Lipinski definition) is 5. The summed E-state index contributed by atoms with van der Waals surface area (Å²) in [5, 5.41) is 14.2. The largest absolute Gasteiger partial charge is 0.366 e. The van der Waals surface area contributed by atoms with E-state index in [0.717, 1.165) is 17.1 Å². The molecule has 5 nitrogen and oxygen atoms in total. The van der Waals surface area contributed by atoms with Crippen molar-refractivity contribution in [2.45, 2.75) is 26.8 Å². The first-order valence-electron chi connectivity index (χ1n) is 5.94. The van der Waals surface area contributed by atoms with Crippen molar-refractivity contribution in [2.75, 3.05) is 10.6 Å². The van der Waals surface area contributed by atoms with Gasteiger partial charge in [-0.05, 0) is 32.4 Å². The van der Waals surface area contributed by atoms with Crippen molar-refractivity contribution in [2.24, 2.45) is 0 Å². The molecule has 5 heteroatoms. The lowest BCUT2D eigenvalue weighted by Gasteiger charge is -2.10. The molecule has 0 aliphatic rings. The highest BCUT2D eigenvalue weighted by molar-refractivity contribution is 5.58. The highest BCUT2D eigenvalue weighted by Gasteiger charge is 2.03. The molecule has 1 aromatic heterocycles. The fourth-order valence-electron chi connectivity index (χ4n) is 1.56. The minimum absolute atomic E-state index is 0.313. The minimum atomic E-state index is 0.313. The fourth-order valence-corrected chi connectivity index (χ4v) is 1.56. The molecule has 0 atom stereocenters. The number of nitrogens with zero attached hydrogens (tertiary/aromatic N) is 3. The molecular weight excluding hydrogens is 226 g/mol. The molecule has 2 N–H and O–H groups in total. The topological polar surface area (TPSA) is 62.7 Å². The lowest BCUT2D eigenvalue weighted by atomic mass is 10.2. The molecule has 0 spiro atoms. The van der Waals surface area contributed by atoms with Crippen LogP contribution in [-0.4, -0.2) is 21.2 Å². The Bertz CT molecular complexity index is 524. The van der Waals surface area contributed by atoms with Crippen LogP contribution in [0.5, 0.6) is 0 Å². The van der Waals surface area contributed by atoms with Gasteiger partial charge in [0.2, 0.25) is 5.95 Å². The monoisotopic (exact) mass is 243 g/mol. The standard InChI is InChI=1S/C13H17N5/c1-9(2)15-12-8-14-18-13(17-12)16-11-7-5-4-6-10(11)3/h4-9H,1-3H3,(H2,15,16,17,18). The number of anilines is 3. The molecule has 0 bridgehead atoms. The molecule has 0 saturated carbocycles. The lowest BCUT2D eigenvalue weighted by molar-refractivity contribution is 0.873. The van der Waals surface area contributed by atoms with E-state index >= 15 is 0 Å². The predicted octanol–water partition coefficient (Wildman–Crippen LogP) is 2.74. The van der Waals surface area contributed by atoms with Gasteiger partial charge in [0, 0.05) is 11.7 Å². The SMILES string of the molecule is Cc1ccccc1Nc1nncc(NC(C)C)n1. The van der Waals surface area contributed by atoms with E-state index < -0.39 is 0 Å². The Kier molecular flexibility index (Phi) is 3.72. The summed E-state index contributed by atoms with van der Waals surface area (Å²) in [5.74, 6) is 1.21. The van der Waals surface area contributed by atoms with E-state index in [-0.39, 0.29) is 0 Å². The van der Waals surface area contributed by atoms with Crippen molar-refractivity contribution in [3.05, 3.63) is 36.0 Å². The Hall–Kier alpha value is -2.17. The maximum absolute atomic E-state index is 4.35. The number of aromatic nitrogens is 3. The maximum atomic E-state index is 4.35. The van der Waals surface area contributed by atoms with E-state index in [4.69, 9.17) is 0 Å². The Morgan fingerprint density at radius 2 is 1.94 bits per heavy atom. The Morgan fingerprint density at radius 1 is 1.17 bits per heavy atom. The van der Waals surface area contributed by atoms with Gasteiger partial charge in [-0.3, -0.25) is 0 Å². The molecule has 1 aromatic carbocycles. The number of aryl methyl sites for hydroxylation is 1. The van der Waals surface area contributed by atoms with Crippen LogP contribution in [0.4, 0.5) is 17.5 Å². The number of para-hydroxylation sites is 1. The average Bonchev–Trinajstić information content (AvgIpc) is 2.32. The molecule has 1 heterocycles. The fraction of sp³-hybridized carbons (Fsp3) is 0.308. The summed E-state index contributed by atoms with van der Waals surface area (Å²) in [5.41, 5.74) is 2.13. The third kappa shape index (κ3) is 3.16. The van der Waals surface area contributed by atoms with Crippen molar-refractivity contribution in [1.29, 1.82) is 0 Å². The second-order valence-electron chi connectivity index (χ2n) is 4.40. The molecule has 0 aliphatic carbocycles. The molecule has 0 saturated heterocycles. The van der Waals surface area contributed by atoms with Gasteiger partial charge in [0.25, 0.3) is 0 Å². The Balaban J connectivity index is 2.17. The zero-order valence-electron chi connectivity index (χ0n) is 10.8. The summed E-state index contributed by atoms with van der Waals surface area (Å²) in [6.07, 6.45) is 1.61. The van der Waals surface area contributed by atoms with Crippen molar-refractivity contribution >= 4 is 17.5 Å². The number of hydrogen-bond donors (Lipinski definition) is 2. The maximum Gasteiger partial charge on any atom is 0.249 e. The normalized spacial score (nSPS) is 10.4. The first-order valence-corrected chi connectivity index (χ1v) is 5.94. The van der Waals surface area contributed by atoms with Crippen LogP contribution in [0.15, 0.2) is 30.5 Å². The third-order valence-electron chi connectivity index (χ3n) is 2.39. The van der Waals surface area contributed by atoms with Crippen LogP contribution >= 0.6 is 0 Å².